The topological polar surface area (TPSA) is 51.2 Å². The third kappa shape index (κ3) is 3.48. The molecule has 3 rings (SSSR count). The van der Waals surface area contributed by atoms with E-state index in [0.29, 0.717) is 5.75 Å². The van der Waals surface area contributed by atoms with E-state index in [4.69, 9.17) is 4.74 Å². The van der Waals surface area contributed by atoms with Gasteiger partial charge in [0.15, 0.2) is 6.61 Å². The number of nitrogens with one attached hydrogen (secondary N) is 1. The van der Waals surface area contributed by atoms with Crippen LogP contribution in [0.3, 0.4) is 0 Å². The number of para-hydroxylation sites is 2. The summed E-state index contributed by atoms with van der Waals surface area (Å²) in [6.45, 7) is 3.82. The molecule has 2 aromatic carbocycles. The van der Waals surface area contributed by atoms with E-state index in [0.717, 1.165) is 27.8 Å². The first-order valence-corrected chi connectivity index (χ1v) is 7.48. The molecule has 23 heavy (non-hydrogen) atoms. The molecule has 0 aliphatic heterocycles. The van der Waals surface area contributed by atoms with Crippen LogP contribution in [0.1, 0.15) is 11.3 Å². The van der Waals surface area contributed by atoms with Gasteiger partial charge in [0.25, 0.3) is 5.91 Å². The number of rotatable bonds is 4. The Labute approximate surface area is 135 Å². The van der Waals surface area contributed by atoms with Crippen LogP contribution in [0.25, 0.3) is 10.9 Å². The van der Waals surface area contributed by atoms with Gasteiger partial charge in [0.2, 0.25) is 0 Å². The average molecular weight is 306 g/mol. The number of aryl methyl sites for hydroxylation is 2. The molecular formula is C19H18N2O2. The van der Waals surface area contributed by atoms with Crippen molar-refractivity contribution in [1.29, 1.82) is 0 Å². The third-order valence-electron chi connectivity index (χ3n) is 3.58. The largest absolute Gasteiger partial charge is 0.483 e. The van der Waals surface area contributed by atoms with Gasteiger partial charge in [-0.1, -0.05) is 30.3 Å². The van der Waals surface area contributed by atoms with Crippen molar-refractivity contribution in [1.82, 2.24) is 4.98 Å². The second-order valence-electron chi connectivity index (χ2n) is 5.43. The van der Waals surface area contributed by atoms with Crippen LogP contribution in [-0.2, 0) is 4.79 Å². The smallest absolute Gasteiger partial charge is 0.262 e. The number of benzene rings is 2. The van der Waals surface area contributed by atoms with Crippen molar-refractivity contribution in [3.63, 3.8) is 0 Å². The fraction of sp³-hybridized carbons (Fsp3) is 0.158. The minimum atomic E-state index is -0.183. The van der Waals surface area contributed by atoms with Crippen LogP contribution in [0.5, 0.6) is 5.75 Å². The number of carbonyl (C=O) groups is 1. The highest BCUT2D eigenvalue weighted by molar-refractivity contribution is 5.93. The van der Waals surface area contributed by atoms with E-state index in [1.165, 1.54) is 0 Å². The predicted molar refractivity (Wildman–Crippen MR) is 91.8 cm³/mol. The Morgan fingerprint density at radius 2 is 1.83 bits per heavy atom. The molecule has 0 saturated heterocycles. The molecule has 0 aliphatic rings. The van der Waals surface area contributed by atoms with Crippen molar-refractivity contribution in [2.75, 3.05) is 11.9 Å². The molecule has 4 heteroatoms. The van der Waals surface area contributed by atoms with Crippen LogP contribution in [0.15, 0.2) is 54.6 Å². The van der Waals surface area contributed by atoms with Gasteiger partial charge in [-0.3, -0.25) is 9.78 Å². The zero-order chi connectivity index (χ0) is 16.2. The van der Waals surface area contributed by atoms with Crippen molar-refractivity contribution in [3.05, 3.63) is 65.9 Å². The van der Waals surface area contributed by atoms with Gasteiger partial charge >= 0.3 is 0 Å². The van der Waals surface area contributed by atoms with Crippen molar-refractivity contribution >= 4 is 22.5 Å². The van der Waals surface area contributed by atoms with Gasteiger partial charge < -0.3 is 10.1 Å². The average Bonchev–Trinajstić information content (AvgIpc) is 2.54. The lowest BCUT2D eigenvalue weighted by Gasteiger charge is -2.11. The van der Waals surface area contributed by atoms with E-state index >= 15 is 0 Å². The van der Waals surface area contributed by atoms with E-state index in [2.05, 4.69) is 10.3 Å². The van der Waals surface area contributed by atoms with Crippen LogP contribution in [0.4, 0.5) is 5.69 Å². The van der Waals surface area contributed by atoms with Crippen LogP contribution >= 0.6 is 0 Å². The molecule has 0 unspecified atom stereocenters. The lowest BCUT2D eigenvalue weighted by molar-refractivity contribution is -0.118. The second kappa shape index (κ2) is 6.48. The number of nitrogens with zero attached hydrogens (tertiary/aromatic N) is 1. The lowest BCUT2D eigenvalue weighted by Crippen LogP contribution is -2.20. The summed E-state index contributed by atoms with van der Waals surface area (Å²) in [6.07, 6.45) is 0. The summed E-state index contributed by atoms with van der Waals surface area (Å²) in [5.74, 6) is 0.492. The highest BCUT2D eigenvalue weighted by Crippen LogP contribution is 2.25. The van der Waals surface area contributed by atoms with Gasteiger partial charge in [0.05, 0.1) is 5.52 Å². The van der Waals surface area contributed by atoms with Crippen molar-refractivity contribution < 1.29 is 9.53 Å². The van der Waals surface area contributed by atoms with Gasteiger partial charge in [0, 0.05) is 22.8 Å². The number of pyridine rings is 1. The Kier molecular flexibility index (Phi) is 4.24. The molecule has 116 valence electrons. The highest BCUT2D eigenvalue weighted by atomic mass is 16.5. The Hall–Kier alpha value is -2.88. The normalized spacial score (nSPS) is 10.5. The Morgan fingerprint density at radius 1 is 1.09 bits per heavy atom. The Morgan fingerprint density at radius 3 is 2.65 bits per heavy atom. The maximum atomic E-state index is 12.1. The third-order valence-corrected chi connectivity index (χ3v) is 3.58. The van der Waals surface area contributed by atoms with Crippen LogP contribution in [-0.4, -0.2) is 17.5 Å². The Bertz CT molecular complexity index is 859. The number of aromatic nitrogens is 1. The van der Waals surface area contributed by atoms with E-state index in [9.17, 15) is 4.79 Å². The molecule has 1 N–H and O–H groups in total. The molecule has 0 spiro atoms. The minimum Gasteiger partial charge on any atom is -0.483 e. The van der Waals surface area contributed by atoms with E-state index in [1.54, 1.807) is 0 Å². The molecule has 0 fully saturated rings. The van der Waals surface area contributed by atoms with Gasteiger partial charge in [-0.05, 0) is 37.6 Å². The quantitative estimate of drug-likeness (QED) is 0.796. The molecule has 4 nitrogen and oxygen atoms in total. The SMILES string of the molecule is Cc1cc(OCC(=O)Nc2ccccc2C)c2ccccc2n1. The summed E-state index contributed by atoms with van der Waals surface area (Å²) in [5.41, 5.74) is 3.54. The van der Waals surface area contributed by atoms with Gasteiger partial charge in [-0.2, -0.15) is 0 Å². The number of amides is 1. The number of carbonyl (C=O) groups excluding carboxylic acids is 1. The predicted octanol–water partition coefficient (Wildman–Crippen LogP) is 3.87. The van der Waals surface area contributed by atoms with Gasteiger partial charge in [-0.25, -0.2) is 0 Å². The molecule has 1 aromatic heterocycles. The summed E-state index contributed by atoms with van der Waals surface area (Å²) in [5, 5.41) is 3.77. The molecule has 1 amide bonds. The fourth-order valence-corrected chi connectivity index (χ4v) is 2.43. The first-order chi connectivity index (χ1) is 11.1. The summed E-state index contributed by atoms with van der Waals surface area (Å²) < 4.78 is 5.72. The molecule has 0 bridgehead atoms. The highest BCUT2D eigenvalue weighted by Gasteiger charge is 2.09. The van der Waals surface area contributed by atoms with E-state index < -0.39 is 0 Å². The van der Waals surface area contributed by atoms with Crippen molar-refractivity contribution in [3.8, 4) is 5.75 Å². The second-order valence-corrected chi connectivity index (χ2v) is 5.43. The standard InChI is InChI=1S/C19H18N2O2/c1-13-7-3-5-9-16(13)21-19(22)12-23-18-11-14(2)20-17-10-6-4-8-15(17)18/h3-11H,12H2,1-2H3,(H,21,22). The van der Waals surface area contributed by atoms with E-state index in [-0.39, 0.29) is 12.5 Å². The number of anilines is 1. The summed E-state index contributed by atoms with van der Waals surface area (Å²) in [6, 6.07) is 17.2. The molecule has 0 radical (unpaired) electrons. The number of hydrogen-bond acceptors (Lipinski definition) is 3. The maximum Gasteiger partial charge on any atom is 0.262 e. The zero-order valence-electron chi connectivity index (χ0n) is 13.2. The van der Waals surface area contributed by atoms with Crippen LogP contribution in [0.2, 0.25) is 0 Å². The molecular weight excluding hydrogens is 288 g/mol. The lowest BCUT2D eigenvalue weighted by atomic mass is 10.2. The van der Waals surface area contributed by atoms with Crippen molar-refractivity contribution in [2.45, 2.75) is 13.8 Å². The molecule has 3 aromatic rings. The zero-order valence-corrected chi connectivity index (χ0v) is 13.2. The first kappa shape index (κ1) is 15.0. The van der Waals surface area contributed by atoms with Gasteiger partial charge in [0.1, 0.15) is 5.75 Å². The summed E-state index contributed by atoms with van der Waals surface area (Å²) >= 11 is 0. The van der Waals surface area contributed by atoms with Gasteiger partial charge in [-0.15, -0.1) is 0 Å². The molecule has 0 aliphatic carbocycles. The summed E-state index contributed by atoms with van der Waals surface area (Å²) in [4.78, 5) is 16.6. The van der Waals surface area contributed by atoms with Crippen molar-refractivity contribution in [2.24, 2.45) is 0 Å². The summed E-state index contributed by atoms with van der Waals surface area (Å²) in [7, 11) is 0. The maximum absolute atomic E-state index is 12.1. The molecule has 0 saturated carbocycles. The van der Waals surface area contributed by atoms with Crippen LogP contribution < -0.4 is 10.1 Å². The fourth-order valence-electron chi connectivity index (χ4n) is 2.43. The molecule has 1 heterocycles. The van der Waals surface area contributed by atoms with E-state index in [1.807, 2.05) is 68.4 Å². The first-order valence-electron chi connectivity index (χ1n) is 7.48. The Balaban J connectivity index is 1.73. The molecule has 0 atom stereocenters. The minimum absolute atomic E-state index is 0.0399. The van der Waals surface area contributed by atoms with Crippen LogP contribution in [0, 0.1) is 13.8 Å². The number of fused-ring (bicyclic) bond motifs is 1. The monoisotopic (exact) mass is 306 g/mol. The number of ether oxygens (including phenoxy) is 1. The number of hydrogen-bond donors (Lipinski definition) is 1.